The summed E-state index contributed by atoms with van der Waals surface area (Å²) in [6.07, 6.45) is 11.0. The van der Waals surface area contributed by atoms with E-state index in [1.807, 2.05) is 6.08 Å². The summed E-state index contributed by atoms with van der Waals surface area (Å²) in [6.45, 7) is 6.52. The first-order valence-electron chi connectivity index (χ1n) is 9.85. The van der Waals surface area contributed by atoms with Gasteiger partial charge in [0.1, 0.15) is 0 Å². The summed E-state index contributed by atoms with van der Waals surface area (Å²) in [6, 6.07) is 0.360. The Bertz CT molecular complexity index is 609. The van der Waals surface area contributed by atoms with Crippen molar-refractivity contribution in [3.63, 3.8) is 0 Å². The van der Waals surface area contributed by atoms with Crippen LogP contribution in [0.25, 0.3) is 0 Å². The molecule has 4 rings (SSSR count). The van der Waals surface area contributed by atoms with E-state index in [2.05, 4.69) is 19.2 Å². The zero-order valence-electron chi connectivity index (χ0n) is 15.4. The fourth-order valence-corrected chi connectivity index (χ4v) is 7.04. The Morgan fingerprint density at radius 3 is 2.62 bits per heavy atom. The summed E-state index contributed by atoms with van der Waals surface area (Å²) >= 11 is 0. The lowest BCUT2D eigenvalue weighted by Gasteiger charge is -2.58. The molecule has 0 radical (unpaired) electrons. The number of amides is 1. The lowest BCUT2D eigenvalue weighted by Crippen LogP contribution is -2.53. The van der Waals surface area contributed by atoms with Gasteiger partial charge < -0.3 is 5.32 Å². The zero-order valence-corrected chi connectivity index (χ0v) is 15.4. The molecular weight excluding hydrogens is 298 g/mol. The number of hydrogen-bond donors (Lipinski definition) is 1. The van der Waals surface area contributed by atoms with Crippen molar-refractivity contribution in [3.05, 3.63) is 11.6 Å². The molecule has 0 bridgehead atoms. The minimum absolute atomic E-state index is 0.121. The first kappa shape index (κ1) is 16.4. The molecule has 3 nitrogen and oxygen atoms in total. The molecule has 132 valence electrons. The molecule has 3 heteroatoms. The predicted molar refractivity (Wildman–Crippen MR) is 94.3 cm³/mol. The second-order valence-corrected chi connectivity index (χ2v) is 9.34. The maximum Gasteiger partial charge on any atom is 0.217 e. The molecule has 4 aliphatic carbocycles. The molecule has 0 aromatic heterocycles. The maximum absolute atomic E-state index is 11.9. The second kappa shape index (κ2) is 5.44. The number of hydrogen-bond acceptors (Lipinski definition) is 2. The van der Waals surface area contributed by atoms with Gasteiger partial charge in [-0.2, -0.15) is 0 Å². The number of carbonyl (C=O) groups excluding carboxylic acids is 2. The second-order valence-electron chi connectivity index (χ2n) is 9.34. The van der Waals surface area contributed by atoms with Crippen LogP contribution >= 0.6 is 0 Å². The number of ketones is 1. The van der Waals surface area contributed by atoms with Gasteiger partial charge in [0.25, 0.3) is 0 Å². The van der Waals surface area contributed by atoms with Crippen molar-refractivity contribution in [3.8, 4) is 0 Å². The van der Waals surface area contributed by atoms with Crippen molar-refractivity contribution < 1.29 is 9.59 Å². The van der Waals surface area contributed by atoms with E-state index in [1.54, 1.807) is 6.92 Å². The van der Waals surface area contributed by atoms with E-state index in [0.29, 0.717) is 11.8 Å². The first-order valence-corrected chi connectivity index (χ1v) is 9.85. The van der Waals surface area contributed by atoms with Gasteiger partial charge in [-0.05, 0) is 79.6 Å². The van der Waals surface area contributed by atoms with Crippen LogP contribution in [0, 0.1) is 28.6 Å². The van der Waals surface area contributed by atoms with Crippen LogP contribution in [-0.4, -0.2) is 17.7 Å². The van der Waals surface area contributed by atoms with Gasteiger partial charge in [0, 0.05) is 19.4 Å². The van der Waals surface area contributed by atoms with Gasteiger partial charge in [-0.1, -0.05) is 19.4 Å². The molecule has 0 unspecified atom stereocenters. The average Bonchev–Trinajstić information content (AvgIpc) is 2.84. The van der Waals surface area contributed by atoms with Crippen molar-refractivity contribution in [2.45, 2.75) is 78.2 Å². The summed E-state index contributed by atoms with van der Waals surface area (Å²) in [4.78, 5) is 23.5. The molecule has 1 amide bonds. The van der Waals surface area contributed by atoms with E-state index in [0.717, 1.165) is 43.4 Å². The van der Waals surface area contributed by atoms with E-state index >= 15 is 0 Å². The topological polar surface area (TPSA) is 46.2 Å². The molecule has 0 heterocycles. The summed E-state index contributed by atoms with van der Waals surface area (Å²) in [5, 5.41) is 3.25. The maximum atomic E-state index is 11.9. The van der Waals surface area contributed by atoms with E-state index in [-0.39, 0.29) is 16.7 Å². The van der Waals surface area contributed by atoms with Crippen LogP contribution < -0.4 is 5.32 Å². The number of nitrogens with one attached hydrogen (secondary N) is 1. The largest absolute Gasteiger partial charge is 0.353 e. The van der Waals surface area contributed by atoms with E-state index in [4.69, 9.17) is 0 Å². The van der Waals surface area contributed by atoms with Gasteiger partial charge >= 0.3 is 0 Å². The quantitative estimate of drug-likeness (QED) is 0.789. The van der Waals surface area contributed by atoms with Crippen LogP contribution in [0.15, 0.2) is 11.6 Å². The summed E-state index contributed by atoms with van der Waals surface area (Å²) in [5.41, 5.74) is 1.97. The Hall–Kier alpha value is -1.12. The first-order chi connectivity index (χ1) is 11.3. The van der Waals surface area contributed by atoms with Gasteiger partial charge in [-0.25, -0.2) is 0 Å². The number of carbonyl (C=O) groups is 2. The number of allylic oxidation sites excluding steroid dienone is 1. The van der Waals surface area contributed by atoms with Gasteiger partial charge in [0.15, 0.2) is 5.78 Å². The molecule has 0 saturated heterocycles. The van der Waals surface area contributed by atoms with Crippen LogP contribution in [0.2, 0.25) is 0 Å². The van der Waals surface area contributed by atoms with E-state index in [9.17, 15) is 9.59 Å². The van der Waals surface area contributed by atoms with Gasteiger partial charge in [-0.15, -0.1) is 0 Å². The monoisotopic (exact) mass is 329 g/mol. The molecule has 24 heavy (non-hydrogen) atoms. The van der Waals surface area contributed by atoms with E-state index < -0.39 is 0 Å². The van der Waals surface area contributed by atoms with Crippen LogP contribution in [-0.2, 0) is 9.59 Å². The highest BCUT2D eigenvalue weighted by Gasteiger charge is 2.59. The number of rotatable bonds is 1. The highest BCUT2D eigenvalue weighted by Crippen LogP contribution is 2.65. The van der Waals surface area contributed by atoms with Crippen molar-refractivity contribution in [2.24, 2.45) is 28.6 Å². The summed E-state index contributed by atoms with van der Waals surface area (Å²) in [5.74, 6) is 2.71. The fourth-order valence-electron chi connectivity index (χ4n) is 7.04. The molecule has 0 aromatic carbocycles. The Morgan fingerprint density at radius 1 is 1.08 bits per heavy atom. The Morgan fingerprint density at radius 2 is 1.88 bits per heavy atom. The summed E-state index contributed by atoms with van der Waals surface area (Å²) in [7, 11) is 0. The van der Waals surface area contributed by atoms with Crippen LogP contribution in [0.3, 0.4) is 0 Å². The Balaban J connectivity index is 1.62. The fraction of sp³-hybridized carbons (Fsp3) is 0.810. The SMILES string of the molecule is CC(=O)N[C@@H]1CC[C@@H]2[C@H]3CCC4=CC(=O)CC[C@]4(C)[C@@H]3CC[C@@]21C. The van der Waals surface area contributed by atoms with Crippen molar-refractivity contribution >= 4 is 11.7 Å². The highest BCUT2D eigenvalue weighted by atomic mass is 16.1. The van der Waals surface area contributed by atoms with Crippen molar-refractivity contribution in [1.29, 1.82) is 0 Å². The molecule has 3 fully saturated rings. The molecule has 0 aliphatic heterocycles. The van der Waals surface area contributed by atoms with Crippen LogP contribution in [0.5, 0.6) is 0 Å². The van der Waals surface area contributed by atoms with Crippen LogP contribution in [0.1, 0.15) is 72.1 Å². The zero-order chi connectivity index (χ0) is 17.1. The molecule has 0 spiro atoms. The lowest BCUT2D eigenvalue weighted by molar-refractivity contribution is -0.121. The summed E-state index contributed by atoms with van der Waals surface area (Å²) < 4.78 is 0. The van der Waals surface area contributed by atoms with Crippen molar-refractivity contribution in [1.82, 2.24) is 5.32 Å². The van der Waals surface area contributed by atoms with Gasteiger partial charge in [0.2, 0.25) is 5.91 Å². The number of fused-ring (bicyclic) bond motifs is 5. The molecule has 3 saturated carbocycles. The molecule has 4 aliphatic rings. The molecule has 6 atom stereocenters. The molecular formula is C21H31NO2. The standard InChI is InChI=1S/C21H31NO2/c1-13(23)22-19-7-6-17-16-5-4-14-12-15(24)8-10-20(14,2)18(16)9-11-21(17,19)3/h12,16-19H,4-11H2,1-3H3,(H,22,23)/t16-,17-,18-,19-,20+,21+/m1/s1. The third-order valence-corrected chi connectivity index (χ3v) is 8.34. The predicted octanol–water partition coefficient (Wildman–Crippen LogP) is 4.02. The smallest absolute Gasteiger partial charge is 0.217 e. The minimum atomic E-state index is 0.121. The van der Waals surface area contributed by atoms with Crippen LogP contribution in [0.4, 0.5) is 0 Å². The third kappa shape index (κ3) is 2.23. The molecule has 1 N–H and O–H groups in total. The minimum Gasteiger partial charge on any atom is -0.353 e. The third-order valence-electron chi connectivity index (χ3n) is 8.34. The Labute approximate surface area is 145 Å². The van der Waals surface area contributed by atoms with Crippen molar-refractivity contribution in [2.75, 3.05) is 0 Å². The van der Waals surface area contributed by atoms with E-state index in [1.165, 1.54) is 31.3 Å². The lowest BCUT2D eigenvalue weighted by atomic mass is 9.47. The highest BCUT2D eigenvalue weighted by molar-refractivity contribution is 5.91. The van der Waals surface area contributed by atoms with Gasteiger partial charge in [0.05, 0.1) is 0 Å². The Kier molecular flexibility index (Phi) is 3.71. The van der Waals surface area contributed by atoms with Gasteiger partial charge in [-0.3, -0.25) is 9.59 Å². The molecule has 0 aromatic rings. The average molecular weight is 329 g/mol. The normalized spacial score (nSPS) is 47.3.